The van der Waals surface area contributed by atoms with Crippen LogP contribution < -0.4 is 5.43 Å². The lowest BCUT2D eigenvalue weighted by Crippen LogP contribution is -1.91. The minimum Gasteiger partial charge on any atom is -0.258 e. The highest BCUT2D eigenvalue weighted by atomic mass is 32.1. The second-order valence-electron chi connectivity index (χ2n) is 5.82. The molecule has 6 nitrogen and oxygen atoms in total. The number of anilines is 1. The minimum atomic E-state index is -0.414. The molecule has 0 unspecified atom stereocenters. The van der Waals surface area contributed by atoms with Crippen LogP contribution in [0, 0.1) is 10.1 Å². The van der Waals surface area contributed by atoms with E-state index in [4.69, 9.17) is 0 Å². The number of fused-ring (bicyclic) bond motifs is 1. The maximum atomic E-state index is 10.9. The molecule has 0 spiro atoms. The molecule has 0 aliphatic rings. The molecule has 0 radical (unpaired) electrons. The number of thiazole rings is 1. The second-order valence-corrected chi connectivity index (χ2v) is 6.68. The molecule has 4 rings (SSSR count). The summed E-state index contributed by atoms with van der Waals surface area (Å²) in [6.45, 7) is 0. The summed E-state index contributed by atoms with van der Waals surface area (Å²) in [5.41, 5.74) is 5.31. The Morgan fingerprint density at radius 3 is 2.74 bits per heavy atom. The SMILES string of the molecule is O=[N+]([O-])c1cccc(-c2csc(N/N=C/c3ccc4ccccc4c3)n2)c1. The van der Waals surface area contributed by atoms with Gasteiger partial charge in [0.2, 0.25) is 5.13 Å². The van der Waals surface area contributed by atoms with Gasteiger partial charge in [-0.25, -0.2) is 4.98 Å². The molecule has 7 heteroatoms. The lowest BCUT2D eigenvalue weighted by molar-refractivity contribution is -0.384. The van der Waals surface area contributed by atoms with E-state index >= 15 is 0 Å². The van der Waals surface area contributed by atoms with Crippen LogP contribution in [0.25, 0.3) is 22.0 Å². The molecule has 1 heterocycles. The largest absolute Gasteiger partial charge is 0.270 e. The molecule has 0 aliphatic carbocycles. The number of benzene rings is 3. The van der Waals surface area contributed by atoms with Gasteiger partial charge >= 0.3 is 0 Å². The van der Waals surface area contributed by atoms with Gasteiger partial charge in [0.1, 0.15) is 0 Å². The predicted molar refractivity (Wildman–Crippen MR) is 109 cm³/mol. The molecule has 1 aromatic heterocycles. The average Bonchev–Trinajstić information content (AvgIpc) is 3.17. The number of non-ortho nitro benzene ring substituents is 1. The molecule has 27 heavy (non-hydrogen) atoms. The maximum Gasteiger partial charge on any atom is 0.270 e. The molecular weight excluding hydrogens is 360 g/mol. The normalized spacial score (nSPS) is 11.1. The van der Waals surface area contributed by atoms with Crippen molar-refractivity contribution in [2.75, 3.05) is 5.43 Å². The van der Waals surface area contributed by atoms with Gasteiger partial charge in [-0.2, -0.15) is 5.10 Å². The molecule has 0 amide bonds. The number of nitro benzene ring substituents is 1. The van der Waals surface area contributed by atoms with Gasteiger partial charge in [0.05, 0.1) is 16.8 Å². The fourth-order valence-corrected chi connectivity index (χ4v) is 3.36. The minimum absolute atomic E-state index is 0.0457. The number of nitrogens with one attached hydrogen (secondary N) is 1. The summed E-state index contributed by atoms with van der Waals surface area (Å²) in [6.07, 6.45) is 1.74. The van der Waals surface area contributed by atoms with E-state index in [2.05, 4.69) is 39.8 Å². The summed E-state index contributed by atoms with van der Waals surface area (Å²) in [4.78, 5) is 14.9. The molecule has 0 saturated heterocycles. The fraction of sp³-hybridized carbons (Fsp3) is 0. The zero-order chi connectivity index (χ0) is 18.6. The Bertz CT molecular complexity index is 1150. The third-order valence-electron chi connectivity index (χ3n) is 4.00. The Morgan fingerprint density at radius 2 is 1.89 bits per heavy atom. The highest BCUT2D eigenvalue weighted by Crippen LogP contribution is 2.27. The molecular formula is C20H14N4O2S. The smallest absolute Gasteiger partial charge is 0.258 e. The van der Waals surface area contributed by atoms with E-state index in [1.807, 2.05) is 23.6 Å². The van der Waals surface area contributed by atoms with Gasteiger partial charge in [-0.15, -0.1) is 11.3 Å². The van der Waals surface area contributed by atoms with Crippen molar-refractivity contribution >= 4 is 39.1 Å². The van der Waals surface area contributed by atoms with Crippen molar-refractivity contribution in [1.82, 2.24) is 4.98 Å². The molecule has 0 fully saturated rings. The number of nitrogens with zero attached hydrogens (tertiary/aromatic N) is 3. The van der Waals surface area contributed by atoms with Crippen molar-refractivity contribution in [3.63, 3.8) is 0 Å². The highest BCUT2D eigenvalue weighted by molar-refractivity contribution is 7.14. The molecule has 0 bridgehead atoms. The second kappa shape index (κ2) is 7.35. The van der Waals surface area contributed by atoms with Crippen LogP contribution in [-0.4, -0.2) is 16.1 Å². The number of nitro groups is 1. The zero-order valence-corrected chi connectivity index (χ0v) is 14.9. The van der Waals surface area contributed by atoms with Gasteiger partial charge < -0.3 is 0 Å². The fourth-order valence-electron chi connectivity index (χ4n) is 2.69. The summed E-state index contributed by atoms with van der Waals surface area (Å²) in [5, 5.41) is 19.9. The number of hydrazone groups is 1. The average molecular weight is 374 g/mol. The quantitative estimate of drug-likeness (QED) is 0.291. The van der Waals surface area contributed by atoms with Crippen molar-refractivity contribution in [3.05, 3.63) is 87.8 Å². The van der Waals surface area contributed by atoms with Gasteiger partial charge in [0, 0.05) is 23.1 Å². The Hall–Kier alpha value is -3.58. The Morgan fingerprint density at radius 1 is 1.04 bits per heavy atom. The van der Waals surface area contributed by atoms with Crippen LogP contribution in [0.5, 0.6) is 0 Å². The Labute approximate surface area is 159 Å². The molecule has 1 N–H and O–H groups in total. The molecule has 0 saturated carbocycles. The van der Waals surface area contributed by atoms with Crippen LogP contribution in [0.2, 0.25) is 0 Å². The monoisotopic (exact) mass is 374 g/mol. The lowest BCUT2D eigenvalue weighted by atomic mass is 10.1. The highest BCUT2D eigenvalue weighted by Gasteiger charge is 2.09. The third-order valence-corrected chi connectivity index (χ3v) is 4.75. The summed E-state index contributed by atoms with van der Waals surface area (Å²) in [7, 11) is 0. The summed E-state index contributed by atoms with van der Waals surface area (Å²) >= 11 is 1.39. The van der Waals surface area contributed by atoms with Gasteiger partial charge in [0.25, 0.3) is 5.69 Å². The van der Waals surface area contributed by atoms with E-state index in [9.17, 15) is 10.1 Å². The Kier molecular flexibility index (Phi) is 4.59. The van der Waals surface area contributed by atoms with Crippen LogP contribution in [0.3, 0.4) is 0 Å². The van der Waals surface area contributed by atoms with E-state index in [0.717, 1.165) is 10.9 Å². The lowest BCUT2D eigenvalue weighted by Gasteiger charge is -1.99. The van der Waals surface area contributed by atoms with Crippen LogP contribution >= 0.6 is 11.3 Å². The van der Waals surface area contributed by atoms with E-state index in [0.29, 0.717) is 16.4 Å². The molecule has 3 aromatic carbocycles. The van der Waals surface area contributed by atoms with E-state index in [1.165, 1.54) is 28.9 Å². The first kappa shape index (κ1) is 16.9. The van der Waals surface area contributed by atoms with Crippen LogP contribution in [-0.2, 0) is 0 Å². The molecule has 4 aromatic rings. The summed E-state index contributed by atoms with van der Waals surface area (Å²) in [6, 6.07) is 20.7. The van der Waals surface area contributed by atoms with Gasteiger partial charge in [-0.1, -0.05) is 48.5 Å². The van der Waals surface area contributed by atoms with Crippen LogP contribution in [0.1, 0.15) is 5.56 Å². The molecule has 0 aliphatic heterocycles. The number of rotatable bonds is 5. The first-order valence-electron chi connectivity index (χ1n) is 8.17. The predicted octanol–water partition coefficient (Wildman–Crippen LogP) is 5.32. The standard InChI is InChI=1S/C20H14N4O2S/c25-24(26)18-7-3-6-17(11-18)19-13-27-20(22-19)23-21-12-14-8-9-15-4-1-2-5-16(15)10-14/h1-13H,(H,22,23)/b21-12+. The first-order valence-corrected chi connectivity index (χ1v) is 9.05. The van der Waals surface area contributed by atoms with Gasteiger partial charge in [-0.05, 0) is 22.4 Å². The first-order chi connectivity index (χ1) is 13.2. The topological polar surface area (TPSA) is 80.4 Å². The van der Waals surface area contributed by atoms with E-state index in [1.54, 1.807) is 18.3 Å². The maximum absolute atomic E-state index is 10.9. The van der Waals surface area contributed by atoms with E-state index in [-0.39, 0.29) is 5.69 Å². The molecule has 0 atom stereocenters. The van der Waals surface area contributed by atoms with Crippen molar-refractivity contribution < 1.29 is 4.92 Å². The van der Waals surface area contributed by atoms with Crippen molar-refractivity contribution in [2.24, 2.45) is 5.10 Å². The van der Waals surface area contributed by atoms with Gasteiger partial charge in [0.15, 0.2) is 0 Å². The Balaban J connectivity index is 1.48. The van der Waals surface area contributed by atoms with Crippen molar-refractivity contribution in [3.8, 4) is 11.3 Å². The van der Waals surface area contributed by atoms with Crippen LogP contribution in [0.15, 0.2) is 77.2 Å². The summed E-state index contributed by atoms with van der Waals surface area (Å²) in [5.74, 6) is 0. The number of hydrogen-bond acceptors (Lipinski definition) is 6. The van der Waals surface area contributed by atoms with E-state index < -0.39 is 4.92 Å². The molecule has 132 valence electrons. The third kappa shape index (κ3) is 3.83. The number of hydrogen-bond donors (Lipinski definition) is 1. The van der Waals surface area contributed by atoms with Crippen molar-refractivity contribution in [2.45, 2.75) is 0 Å². The van der Waals surface area contributed by atoms with Crippen molar-refractivity contribution in [1.29, 1.82) is 0 Å². The zero-order valence-electron chi connectivity index (χ0n) is 14.1. The number of aromatic nitrogens is 1. The summed E-state index contributed by atoms with van der Waals surface area (Å²) < 4.78 is 0. The van der Waals surface area contributed by atoms with Crippen LogP contribution in [0.4, 0.5) is 10.8 Å². The van der Waals surface area contributed by atoms with Gasteiger partial charge in [-0.3, -0.25) is 15.5 Å².